The van der Waals surface area contributed by atoms with Crippen LogP contribution in [0.15, 0.2) is 102 Å². The lowest BCUT2D eigenvalue weighted by atomic mass is 10.0. The van der Waals surface area contributed by atoms with Gasteiger partial charge >= 0.3 is 0 Å². The molecular formula is C25H23N3O2. The van der Waals surface area contributed by atoms with Gasteiger partial charge in [0.25, 0.3) is 5.91 Å². The Hall–Kier alpha value is -3.99. The highest BCUT2D eigenvalue weighted by Crippen LogP contribution is 2.17. The summed E-state index contributed by atoms with van der Waals surface area (Å²) in [5, 5.41) is 6.88. The molecule has 0 saturated carbocycles. The molecule has 3 aromatic carbocycles. The Bertz CT molecular complexity index is 1000. The highest BCUT2D eigenvalue weighted by Gasteiger charge is 2.19. The van der Waals surface area contributed by atoms with Crippen molar-refractivity contribution in [2.45, 2.75) is 12.5 Å². The van der Waals surface area contributed by atoms with E-state index in [0.717, 1.165) is 11.1 Å². The van der Waals surface area contributed by atoms with Crippen LogP contribution in [-0.2, 0) is 4.79 Å². The summed E-state index contributed by atoms with van der Waals surface area (Å²) in [6.45, 7) is 0. The van der Waals surface area contributed by atoms with Crippen LogP contribution in [-0.4, -0.2) is 18.0 Å². The third-order valence-electron chi connectivity index (χ3n) is 4.37. The van der Waals surface area contributed by atoms with Gasteiger partial charge in [0.2, 0.25) is 5.91 Å². The summed E-state index contributed by atoms with van der Waals surface area (Å²) < 4.78 is 0. The Morgan fingerprint density at radius 2 is 1.43 bits per heavy atom. The first-order valence-corrected chi connectivity index (χ1v) is 9.67. The van der Waals surface area contributed by atoms with Gasteiger partial charge in [-0.3, -0.25) is 9.59 Å². The molecule has 0 spiro atoms. The summed E-state index contributed by atoms with van der Waals surface area (Å²) in [6, 6.07) is 27.7. The maximum Gasteiger partial charge on any atom is 0.251 e. The number of nitrogens with one attached hydrogen (secondary N) is 2. The van der Waals surface area contributed by atoms with Crippen LogP contribution in [0.3, 0.4) is 0 Å². The highest BCUT2D eigenvalue weighted by atomic mass is 16.2. The third kappa shape index (κ3) is 6.56. The fourth-order valence-corrected chi connectivity index (χ4v) is 2.87. The lowest BCUT2D eigenvalue weighted by Crippen LogP contribution is -2.32. The summed E-state index contributed by atoms with van der Waals surface area (Å²) in [6.07, 6.45) is 5.23. The van der Waals surface area contributed by atoms with Gasteiger partial charge in [-0.25, -0.2) is 5.43 Å². The molecule has 3 rings (SSSR count). The van der Waals surface area contributed by atoms with Crippen molar-refractivity contribution in [3.05, 3.63) is 114 Å². The van der Waals surface area contributed by atoms with Crippen LogP contribution in [0.5, 0.6) is 0 Å². The van der Waals surface area contributed by atoms with Gasteiger partial charge in [-0.2, -0.15) is 5.10 Å². The predicted octanol–water partition coefficient (Wildman–Crippen LogP) is 4.36. The SMILES string of the molecule is O=C(C[C@H](NC(=O)c1ccccc1)c1ccccc1)N/N=C\C=C\c1ccccc1. The van der Waals surface area contributed by atoms with E-state index in [-0.39, 0.29) is 18.2 Å². The number of allylic oxidation sites excluding steroid dienone is 1. The number of nitrogens with zero attached hydrogens (tertiary/aromatic N) is 1. The third-order valence-corrected chi connectivity index (χ3v) is 4.37. The number of hydrogen-bond acceptors (Lipinski definition) is 3. The van der Waals surface area contributed by atoms with E-state index in [0.29, 0.717) is 5.56 Å². The highest BCUT2D eigenvalue weighted by molar-refractivity contribution is 5.94. The molecule has 2 N–H and O–H groups in total. The van der Waals surface area contributed by atoms with Gasteiger partial charge < -0.3 is 5.32 Å². The lowest BCUT2D eigenvalue weighted by molar-refractivity contribution is -0.121. The first kappa shape index (κ1) is 20.7. The standard InChI is InChI=1S/C25H23N3O2/c29-24(28-26-18-10-13-20-11-4-1-5-12-20)19-23(21-14-6-2-7-15-21)27-25(30)22-16-8-3-9-17-22/h1-18,23H,19H2,(H,27,30)(H,28,29)/b13-10+,26-18-/t23-/m0/s1. The van der Waals surface area contributed by atoms with Crippen molar-refractivity contribution in [2.24, 2.45) is 5.10 Å². The van der Waals surface area contributed by atoms with Crippen LogP contribution in [0.25, 0.3) is 6.08 Å². The zero-order valence-corrected chi connectivity index (χ0v) is 16.4. The van der Waals surface area contributed by atoms with Crippen molar-refractivity contribution in [1.29, 1.82) is 0 Å². The number of rotatable bonds is 8. The smallest absolute Gasteiger partial charge is 0.251 e. The number of carbonyl (C=O) groups is 2. The van der Waals surface area contributed by atoms with Gasteiger partial charge in [0.15, 0.2) is 0 Å². The molecule has 0 aliphatic rings. The second-order valence-corrected chi connectivity index (χ2v) is 6.59. The van der Waals surface area contributed by atoms with Crippen molar-refractivity contribution in [2.75, 3.05) is 0 Å². The normalized spacial score (nSPS) is 12.0. The maximum atomic E-state index is 12.6. The molecule has 5 nitrogen and oxygen atoms in total. The van der Waals surface area contributed by atoms with Crippen LogP contribution in [0.1, 0.15) is 33.9 Å². The molecule has 1 atom stereocenters. The zero-order valence-electron chi connectivity index (χ0n) is 16.4. The molecule has 2 amide bonds. The van der Waals surface area contributed by atoms with E-state index >= 15 is 0 Å². The fourth-order valence-electron chi connectivity index (χ4n) is 2.87. The first-order valence-electron chi connectivity index (χ1n) is 9.67. The van der Waals surface area contributed by atoms with Gasteiger partial charge in [0.1, 0.15) is 0 Å². The van der Waals surface area contributed by atoms with Crippen LogP contribution < -0.4 is 10.7 Å². The molecule has 5 heteroatoms. The quantitative estimate of drug-likeness (QED) is 0.438. The summed E-state index contributed by atoms with van der Waals surface area (Å²) in [5.74, 6) is -0.520. The molecule has 0 aliphatic carbocycles. The van der Waals surface area contributed by atoms with Crippen LogP contribution in [0.2, 0.25) is 0 Å². The van der Waals surface area contributed by atoms with Gasteiger partial charge in [0, 0.05) is 11.8 Å². The van der Waals surface area contributed by atoms with E-state index in [4.69, 9.17) is 0 Å². The van der Waals surface area contributed by atoms with E-state index in [1.807, 2.05) is 72.8 Å². The van der Waals surface area contributed by atoms with E-state index in [1.54, 1.807) is 30.3 Å². The number of hydrazone groups is 1. The molecule has 0 aromatic heterocycles. The minimum absolute atomic E-state index is 0.0718. The molecule has 3 aromatic rings. The average molecular weight is 397 g/mol. The average Bonchev–Trinajstić information content (AvgIpc) is 2.80. The number of hydrogen-bond donors (Lipinski definition) is 2. The van der Waals surface area contributed by atoms with Crippen LogP contribution >= 0.6 is 0 Å². The summed E-state index contributed by atoms with van der Waals surface area (Å²) in [5.41, 5.74) is 4.95. The van der Waals surface area contributed by atoms with Gasteiger partial charge in [-0.05, 0) is 29.3 Å². The Kier molecular flexibility index (Phi) is 7.69. The van der Waals surface area contributed by atoms with E-state index in [2.05, 4.69) is 15.8 Å². The van der Waals surface area contributed by atoms with E-state index < -0.39 is 6.04 Å². The van der Waals surface area contributed by atoms with Crippen molar-refractivity contribution in [1.82, 2.24) is 10.7 Å². The molecule has 30 heavy (non-hydrogen) atoms. The molecule has 0 saturated heterocycles. The molecule has 0 heterocycles. The predicted molar refractivity (Wildman–Crippen MR) is 120 cm³/mol. The molecular weight excluding hydrogens is 374 g/mol. The maximum absolute atomic E-state index is 12.6. The Morgan fingerprint density at radius 3 is 2.10 bits per heavy atom. The molecule has 0 unspecified atom stereocenters. The minimum atomic E-state index is -0.464. The largest absolute Gasteiger partial charge is 0.345 e. The fraction of sp³-hybridized carbons (Fsp3) is 0.0800. The second-order valence-electron chi connectivity index (χ2n) is 6.59. The minimum Gasteiger partial charge on any atom is -0.345 e. The topological polar surface area (TPSA) is 70.6 Å². The van der Waals surface area contributed by atoms with Crippen LogP contribution in [0.4, 0.5) is 0 Å². The lowest BCUT2D eigenvalue weighted by Gasteiger charge is -2.18. The number of amides is 2. The second kappa shape index (κ2) is 11.1. The molecule has 0 aliphatic heterocycles. The van der Waals surface area contributed by atoms with Crippen molar-refractivity contribution in [3.63, 3.8) is 0 Å². The Labute approximate surface area is 176 Å². The van der Waals surface area contributed by atoms with Crippen molar-refractivity contribution >= 4 is 24.1 Å². The molecule has 0 radical (unpaired) electrons. The number of carbonyl (C=O) groups excluding carboxylic acids is 2. The summed E-state index contributed by atoms with van der Waals surface area (Å²) in [4.78, 5) is 24.9. The zero-order chi connectivity index (χ0) is 21.0. The van der Waals surface area contributed by atoms with Crippen LogP contribution in [0, 0.1) is 0 Å². The van der Waals surface area contributed by atoms with Crippen molar-refractivity contribution < 1.29 is 9.59 Å². The molecule has 150 valence electrons. The Morgan fingerprint density at radius 1 is 0.833 bits per heavy atom. The summed E-state index contributed by atoms with van der Waals surface area (Å²) in [7, 11) is 0. The van der Waals surface area contributed by atoms with E-state index in [1.165, 1.54) is 6.21 Å². The van der Waals surface area contributed by atoms with Crippen molar-refractivity contribution in [3.8, 4) is 0 Å². The Balaban J connectivity index is 1.60. The van der Waals surface area contributed by atoms with E-state index in [9.17, 15) is 9.59 Å². The summed E-state index contributed by atoms with van der Waals surface area (Å²) >= 11 is 0. The molecule has 0 fully saturated rings. The van der Waals surface area contributed by atoms with Gasteiger partial charge in [0.05, 0.1) is 12.5 Å². The number of benzene rings is 3. The molecule has 0 bridgehead atoms. The van der Waals surface area contributed by atoms with Gasteiger partial charge in [-0.1, -0.05) is 84.9 Å². The monoisotopic (exact) mass is 397 g/mol. The first-order chi connectivity index (χ1) is 14.7. The van der Waals surface area contributed by atoms with Gasteiger partial charge in [-0.15, -0.1) is 0 Å².